The highest BCUT2D eigenvalue weighted by Gasteiger charge is 2.17. The molecule has 0 heterocycles. The van der Waals surface area contributed by atoms with E-state index in [4.69, 9.17) is 9.47 Å². The normalized spacial score (nSPS) is 11.1. The molecular formula is C18H21FN2O5S. The van der Waals surface area contributed by atoms with Crippen LogP contribution >= 0.6 is 0 Å². The van der Waals surface area contributed by atoms with E-state index in [9.17, 15) is 17.6 Å². The zero-order valence-corrected chi connectivity index (χ0v) is 16.0. The molecule has 0 aliphatic heterocycles. The zero-order valence-electron chi connectivity index (χ0n) is 15.2. The van der Waals surface area contributed by atoms with Crippen molar-refractivity contribution in [2.75, 3.05) is 32.2 Å². The van der Waals surface area contributed by atoms with Crippen LogP contribution in [0.2, 0.25) is 0 Å². The Bertz CT molecular complexity index is 900. The maximum absolute atomic E-state index is 12.9. The molecule has 0 radical (unpaired) electrons. The number of nitrogens with one attached hydrogen (secondary N) is 1. The van der Waals surface area contributed by atoms with Gasteiger partial charge in [0.1, 0.15) is 5.82 Å². The molecule has 1 N–H and O–H groups in total. The van der Waals surface area contributed by atoms with Crippen molar-refractivity contribution in [3.8, 4) is 11.5 Å². The highest BCUT2D eigenvalue weighted by molar-refractivity contribution is 7.89. The molecule has 0 aliphatic carbocycles. The molecule has 7 nitrogen and oxygen atoms in total. The summed E-state index contributed by atoms with van der Waals surface area (Å²) in [5, 5.41) is 0. The van der Waals surface area contributed by atoms with Crippen LogP contribution < -0.4 is 19.1 Å². The SMILES string of the molecule is COc1ccc(N(CCNS(=O)(=O)c2ccc(F)cc2)C(C)=O)cc1OC. The van der Waals surface area contributed by atoms with E-state index < -0.39 is 15.8 Å². The molecule has 2 aromatic rings. The number of anilines is 1. The first kappa shape index (κ1) is 20.7. The van der Waals surface area contributed by atoms with Crippen LogP contribution in [0.4, 0.5) is 10.1 Å². The van der Waals surface area contributed by atoms with E-state index in [2.05, 4.69) is 4.72 Å². The predicted octanol–water partition coefficient (Wildman–Crippen LogP) is 2.17. The van der Waals surface area contributed by atoms with Gasteiger partial charge in [0.2, 0.25) is 15.9 Å². The maximum Gasteiger partial charge on any atom is 0.240 e. The molecule has 9 heteroatoms. The number of halogens is 1. The maximum atomic E-state index is 12.9. The van der Waals surface area contributed by atoms with E-state index in [-0.39, 0.29) is 23.9 Å². The van der Waals surface area contributed by atoms with Crippen LogP contribution in [0.25, 0.3) is 0 Å². The van der Waals surface area contributed by atoms with E-state index in [0.717, 1.165) is 12.1 Å². The molecule has 2 rings (SSSR count). The lowest BCUT2D eigenvalue weighted by Gasteiger charge is -2.22. The summed E-state index contributed by atoms with van der Waals surface area (Å²) in [4.78, 5) is 13.4. The lowest BCUT2D eigenvalue weighted by atomic mass is 10.2. The van der Waals surface area contributed by atoms with Crippen molar-refractivity contribution in [1.82, 2.24) is 4.72 Å². The zero-order chi connectivity index (χ0) is 20.0. The van der Waals surface area contributed by atoms with Gasteiger partial charge in [-0.2, -0.15) is 0 Å². The molecule has 146 valence electrons. The number of amides is 1. The van der Waals surface area contributed by atoms with Crippen molar-refractivity contribution >= 4 is 21.6 Å². The molecule has 0 atom stereocenters. The van der Waals surface area contributed by atoms with Crippen molar-refractivity contribution in [2.24, 2.45) is 0 Å². The van der Waals surface area contributed by atoms with E-state index >= 15 is 0 Å². The highest BCUT2D eigenvalue weighted by atomic mass is 32.2. The van der Waals surface area contributed by atoms with E-state index in [0.29, 0.717) is 17.2 Å². The van der Waals surface area contributed by atoms with Crippen LogP contribution in [0.15, 0.2) is 47.4 Å². The molecule has 0 saturated heterocycles. The average molecular weight is 396 g/mol. The minimum Gasteiger partial charge on any atom is -0.493 e. The van der Waals surface area contributed by atoms with Crippen molar-refractivity contribution in [3.05, 3.63) is 48.3 Å². The Morgan fingerprint density at radius 2 is 1.70 bits per heavy atom. The summed E-state index contributed by atoms with van der Waals surface area (Å²) < 4.78 is 50.2. The van der Waals surface area contributed by atoms with Crippen LogP contribution in [0.3, 0.4) is 0 Å². The smallest absolute Gasteiger partial charge is 0.240 e. The highest BCUT2D eigenvalue weighted by Crippen LogP contribution is 2.31. The predicted molar refractivity (Wildman–Crippen MR) is 99.2 cm³/mol. The number of ether oxygens (including phenoxy) is 2. The van der Waals surface area contributed by atoms with Crippen LogP contribution in [0, 0.1) is 5.82 Å². The number of methoxy groups -OCH3 is 2. The number of hydrogen-bond donors (Lipinski definition) is 1. The molecule has 2 aromatic carbocycles. The van der Waals surface area contributed by atoms with E-state index in [1.165, 1.54) is 38.2 Å². The summed E-state index contributed by atoms with van der Waals surface area (Å²) in [6.45, 7) is 1.46. The Morgan fingerprint density at radius 1 is 1.07 bits per heavy atom. The Hall–Kier alpha value is -2.65. The fourth-order valence-electron chi connectivity index (χ4n) is 2.45. The number of rotatable bonds is 8. The third-order valence-electron chi connectivity index (χ3n) is 3.81. The number of sulfonamides is 1. The van der Waals surface area contributed by atoms with Crippen LogP contribution in [0.1, 0.15) is 6.92 Å². The molecule has 0 aliphatic rings. The van der Waals surface area contributed by atoms with Gasteiger partial charge in [-0.3, -0.25) is 4.79 Å². The first-order valence-electron chi connectivity index (χ1n) is 8.04. The summed E-state index contributed by atoms with van der Waals surface area (Å²) in [5.41, 5.74) is 0.543. The number of nitrogens with zero attached hydrogens (tertiary/aromatic N) is 1. The van der Waals surface area contributed by atoms with Gasteiger partial charge in [-0.25, -0.2) is 17.5 Å². The first-order chi connectivity index (χ1) is 12.8. The quantitative estimate of drug-likeness (QED) is 0.739. The first-order valence-corrected chi connectivity index (χ1v) is 9.52. The van der Waals surface area contributed by atoms with E-state index in [1.807, 2.05) is 0 Å². The van der Waals surface area contributed by atoms with E-state index in [1.54, 1.807) is 18.2 Å². The second kappa shape index (κ2) is 8.83. The van der Waals surface area contributed by atoms with Gasteiger partial charge in [0.25, 0.3) is 0 Å². The summed E-state index contributed by atoms with van der Waals surface area (Å²) in [7, 11) is -0.816. The van der Waals surface area contributed by atoms with Gasteiger partial charge in [-0.05, 0) is 36.4 Å². The van der Waals surface area contributed by atoms with Crippen molar-refractivity contribution in [1.29, 1.82) is 0 Å². The second-order valence-corrected chi connectivity index (χ2v) is 7.33. The third-order valence-corrected chi connectivity index (χ3v) is 5.29. The molecule has 0 fully saturated rings. The minimum absolute atomic E-state index is 0.0202. The lowest BCUT2D eigenvalue weighted by molar-refractivity contribution is -0.116. The Kier molecular flexibility index (Phi) is 6.75. The third kappa shape index (κ3) is 5.18. The number of carbonyl (C=O) groups excluding carboxylic acids is 1. The van der Waals surface area contributed by atoms with Gasteiger partial charge in [-0.15, -0.1) is 0 Å². The largest absolute Gasteiger partial charge is 0.493 e. The molecule has 0 unspecified atom stereocenters. The number of hydrogen-bond acceptors (Lipinski definition) is 5. The molecule has 0 aromatic heterocycles. The van der Waals surface area contributed by atoms with Crippen molar-refractivity contribution in [3.63, 3.8) is 0 Å². The van der Waals surface area contributed by atoms with Crippen LogP contribution in [0.5, 0.6) is 11.5 Å². The average Bonchev–Trinajstić information content (AvgIpc) is 2.64. The summed E-state index contributed by atoms with van der Waals surface area (Å²) >= 11 is 0. The molecule has 0 bridgehead atoms. The molecule has 1 amide bonds. The monoisotopic (exact) mass is 396 g/mol. The van der Waals surface area contributed by atoms with Gasteiger partial charge in [0.05, 0.1) is 19.1 Å². The number of benzene rings is 2. The van der Waals surface area contributed by atoms with Crippen LogP contribution in [-0.4, -0.2) is 41.6 Å². The minimum atomic E-state index is -3.80. The topological polar surface area (TPSA) is 84.9 Å². The van der Waals surface area contributed by atoms with Gasteiger partial charge in [0, 0.05) is 31.8 Å². The van der Waals surface area contributed by atoms with Gasteiger partial charge in [-0.1, -0.05) is 0 Å². The van der Waals surface area contributed by atoms with Gasteiger partial charge >= 0.3 is 0 Å². The standard InChI is InChI=1S/C18H21FN2O5S/c1-13(22)21(15-6-9-17(25-2)18(12-15)26-3)11-10-20-27(23,24)16-7-4-14(19)5-8-16/h4-9,12,20H,10-11H2,1-3H3. The molecule has 27 heavy (non-hydrogen) atoms. The molecule has 0 spiro atoms. The van der Waals surface area contributed by atoms with Crippen molar-refractivity contribution < 1.29 is 27.1 Å². The Labute approximate surface area is 157 Å². The summed E-state index contributed by atoms with van der Waals surface area (Å²) in [5.74, 6) is 0.184. The fourth-order valence-corrected chi connectivity index (χ4v) is 3.47. The fraction of sp³-hybridized carbons (Fsp3) is 0.278. The second-order valence-electron chi connectivity index (χ2n) is 5.56. The summed E-state index contributed by atoms with van der Waals surface area (Å²) in [6.07, 6.45) is 0. The van der Waals surface area contributed by atoms with Gasteiger partial charge < -0.3 is 14.4 Å². The van der Waals surface area contributed by atoms with Gasteiger partial charge in [0.15, 0.2) is 11.5 Å². The lowest BCUT2D eigenvalue weighted by Crippen LogP contribution is -2.37. The Morgan fingerprint density at radius 3 is 2.26 bits per heavy atom. The van der Waals surface area contributed by atoms with Crippen molar-refractivity contribution in [2.45, 2.75) is 11.8 Å². The Balaban J connectivity index is 2.11. The van der Waals surface area contributed by atoms with Crippen LogP contribution in [-0.2, 0) is 14.8 Å². The molecular weight excluding hydrogens is 375 g/mol. The summed E-state index contributed by atoms with van der Waals surface area (Å²) in [6, 6.07) is 9.46. The number of carbonyl (C=O) groups is 1. The molecule has 0 saturated carbocycles.